The molecular formula is C23H29N7O. The molecule has 3 aromatic rings. The minimum absolute atomic E-state index is 0.547. The van der Waals surface area contributed by atoms with Crippen molar-refractivity contribution < 1.29 is 4.74 Å². The lowest BCUT2D eigenvalue weighted by Crippen LogP contribution is -2.37. The Morgan fingerprint density at radius 1 is 1.13 bits per heavy atom. The average Bonchev–Trinajstić information content (AvgIpc) is 3.24. The van der Waals surface area contributed by atoms with Gasteiger partial charge < -0.3 is 9.64 Å². The number of aromatic nitrogens is 4. The summed E-state index contributed by atoms with van der Waals surface area (Å²) in [7, 11) is 0. The molecule has 0 spiro atoms. The van der Waals surface area contributed by atoms with E-state index in [2.05, 4.69) is 33.5 Å². The van der Waals surface area contributed by atoms with Gasteiger partial charge in [-0.3, -0.25) is 14.8 Å². The van der Waals surface area contributed by atoms with Crippen LogP contribution in [-0.4, -0.2) is 51.9 Å². The lowest BCUT2D eigenvalue weighted by molar-refractivity contribution is 0.122. The lowest BCUT2D eigenvalue weighted by Gasteiger charge is -2.28. The summed E-state index contributed by atoms with van der Waals surface area (Å²) >= 11 is 0. The summed E-state index contributed by atoms with van der Waals surface area (Å²) in [4.78, 5) is 16.1. The van der Waals surface area contributed by atoms with Gasteiger partial charge in [-0.25, -0.2) is 9.97 Å². The first-order valence-electron chi connectivity index (χ1n) is 11.2. The fourth-order valence-electron chi connectivity index (χ4n) is 4.51. The number of hydrogen-bond acceptors (Lipinski definition) is 7. The van der Waals surface area contributed by atoms with Crippen LogP contribution in [0.25, 0.3) is 16.9 Å². The van der Waals surface area contributed by atoms with Crippen LogP contribution in [0.4, 0.5) is 11.6 Å². The Balaban J connectivity index is 1.45. The first-order valence-corrected chi connectivity index (χ1v) is 11.2. The van der Waals surface area contributed by atoms with Crippen molar-refractivity contribution in [1.29, 1.82) is 0 Å². The maximum absolute atomic E-state index is 5.54. The van der Waals surface area contributed by atoms with Crippen LogP contribution in [0, 0.1) is 11.8 Å². The van der Waals surface area contributed by atoms with Gasteiger partial charge in [0, 0.05) is 43.5 Å². The summed E-state index contributed by atoms with van der Waals surface area (Å²) in [6.07, 6.45) is 14.7. The zero-order valence-corrected chi connectivity index (χ0v) is 17.9. The summed E-state index contributed by atoms with van der Waals surface area (Å²) in [6.45, 7) is 5.32. The van der Waals surface area contributed by atoms with Crippen molar-refractivity contribution in [1.82, 2.24) is 19.4 Å². The number of hydrazone groups is 1. The molecule has 162 valence electrons. The quantitative estimate of drug-likeness (QED) is 0.500. The maximum Gasteiger partial charge on any atom is 0.181 e. The number of nitrogens with zero attached hydrogens (tertiary/aromatic N) is 6. The van der Waals surface area contributed by atoms with Crippen LogP contribution in [0.2, 0.25) is 0 Å². The third-order valence-electron chi connectivity index (χ3n) is 6.15. The SMILES string of the molecule is CC1CCCC(/C=N/Nc2cn3cc(-c4ccncc4)nc3c(N3CCOCC3)n2)C1. The predicted molar refractivity (Wildman–Crippen MR) is 122 cm³/mol. The molecule has 31 heavy (non-hydrogen) atoms. The summed E-state index contributed by atoms with van der Waals surface area (Å²) < 4.78 is 7.57. The number of pyridine rings is 1. The van der Waals surface area contributed by atoms with Crippen molar-refractivity contribution >= 4 is 23.5 Å². The van der Waals surface area contributed by atoms with Crippen LogP contribution in [0.15, 0.2) is 42.0 Å². The highest BCUT2D eigenvalue weighted by Crippen LogP contribution is 2.28. The highest BCUT2D eigenvalue weighted by atomic mass is 16.5. The number of anilines is 2. The molecule has 2 atom stereocenters. The minimum atomic E-state index is 0.547. The van der Waals surface area contributed by atoms with Gasteiger partial charge in [-0.05, 0) is 36.8 Å². The Morgan fingerprint density at radius 3 is 2.77 bits per heavy atom. The van der Waals surface area contributed by atoms with Crippen molar-refractivity contribution in [2.75, 3.05) is 36.6 Å². The molecular weight excluding hydrogens is 390 g/mol. The van der Waals surface area contributed by atoms with E-state index in [9.17, 15) is 0 Å². The highest BCUT2D eigenvalue weighted by molar-refractivity contribution is 5.72. The predicted octanol–water partition coefficient (Wildman–Crippen LogP) is 3.85. The second-order valence-corrected chi connectivity index (χ2v) is 8.56. The molecule has 1 N–H and O–H groups in total. The number of ether oxygens (including phenoxy) is 1. The van der Waals surface area contributed by atoms with Crippen LogP contribution in [0.3, 0.4) is 0 Å². The Bertz CT molecular complexity index is 1040. The minimum Gasteiger partial charge on any atom is -0.378 e. The normalized spacial score (nSPS) is 22.3. The monoisotopic (exact) mass is 419 g/mol. The summed E-state index contributed by atoms with van der Waals surface area (Å²) in [6, 6.07) is 3.94. The van der Waals surface area contributed by atoms with Gasteiger partial charge in [0.15, 0.2) is 17.3 Å². The van der Waals surface area contributed by atoms with Crippen molar-refractivity contribution in [3.8, 4) is 11.3 Å². The van der Waals surface area contributed by atoms with Gasteiger partial charge in [0.2, 0.25) is 0 Å². The van der Waals surface area contributed by atoms with Gasteiger partial charge >= 0.3 is 0 Å². The van der Waals surface area contributed by atoms with Gasteiger partial charge in [0.05, 0.1) is 25.1 Å². The second-order valence-electron chi connectivity index (χ2n) is 8.56. The number of imidazole rings is 1. The van der Waals surface area contributed by atoms with Gasteiger partial charge in [0.1, 0.15) is 0 Å². The van der Waals surface area contributed by atoms with Crippen molar-refractivity contribution in [2.24, 2.45) is 16.9 Å². The molecule has 1 saturated carbocycles. The molecule has 5 rings (SSSR count). The summed E-state index contributed by atoms with van der Waals surface area (Å²) in [5.41, 5.74) is 5.94. The van der Waals surface area contributed by atoms with Gasteiger partial charge in [0.25, 0.3) is 0 Å². The number of rotatable bonds is 5. The lowest BCUT2D eigenvalue weighted by atomic mass is 9.83. The molecule has 1 aliphatic heterocycles. The molecule has 0 amide bonds. The molecule has 0 radical (unpaired) electrons. The van der Waals surface area contributed by atoms with E-state index in [0.29, 0.717) is 24.9 Å². The fraction of sp³-hybridized carbons (Fsp3) is 0.478. The third-order valence-corrected chi connectivity index (χ3v) is 6.15. The molecule has 8 nitrogen and oxygen atoms in total. The Hall–Kier alpha value is -3.00. The van der Waals surface area contributed by atoms with E-state index in [1.807, 2.05) is 28.9 Å². The molecule has 1 saturated heterocycles. The van der Waals surface area contributed by atoms with Crippen LogP contribution in [0.5, 0.6) is 0 Å². The van der Waals surface area contributed by atoms with E-state index in [4.69, 9.17) is 14.7 Å². The standard InChI is InChI=1S/C23H29N7O/c1-17-3-2-4-18(13-17)14-25-28-21-16-30-15-20(19-5-7-24-8-6-19)26-22(30)23(27-21)29-9-11-31-12-10-29/h5-8,14-18,28H,2-4,9-13H2,1H3/b25-14+. The Kier molecular flexibility index (Phi) is 5.80. The van der Waals surface area contributed by atoms with Crippen LogP contribution in [-0.2, 0) is 4.74 Å². The van der Waals surface area contributed by atoms with Gasteiger partial charge in [-0.1, -0.05) is 19.8 Å². The number of morpholine rings is 1. The summed E-state index contributed by atoms with van der Waals surface area (Å²) in [5.74, 6) is 2.90. The zero-order valence-electron chi connectivity index (χ0n) is 17.9. The van der Waals surface area contributed by atoms with Crippen molar-refractivity contribution in [3.63, 3.8) is 0 Å². The molecule has 2 unspecified atom stereocenters. The largest absolute Gasteiger partial charge is 0.378 e. The van der Waals surface area contributed by atoms with Crippen LogP contribution >= 0.6 is 0 Å². The molecule has 4 heterocycles. The van der Waals surface area contributed by atoms with Crippen LogP contribution in [0.1, 0.15) is 32.6 Å². The topological polar surface area (TPSA) is 79.9 Å². The van der Waals surface area contributed by atoms with E-state index >= 15 is 0 Å². The fourth-order valence-corrected chi connectivity index (χ4v) is 4.51. The Morgan fingerprint density at radius 2 is 1.97 bits per heavy atom. The molecule has 0 aromatic carbocycles. The molecule has 8 heteroatoms. The van der Waals surface area contributed by atoms with Crippen molar-refractivity contribution in [3.05, 3.63) is 36.9 Å². The highest BCUT2D eigenvalue weighted by Gasteiger charge is 2.20. The van der Waals surface area contributed by atoms with E-state index in [-0.39, 0.29) is 0 Å². The smallest absolute Gasteiger partial charge is 0.181 e. The number of fused-ring (bicyclic) bond motifs is 1. The molecule has 2 fully saturated rings. The average molecular weight is 420 g/mol. The number of hydrogen-bond donors (Lipinski definition) is 1. The van der Waals surface area contributed by atoms with Crippen LogP contribution < -0.4 is 10.3 Å². The third kappa shape index (κ3) is 4.54. The second kappa shape index (κ2) is 9.01. The first kappa shape index (κ1) is 19.9. The first-order chi connectivity index (χ1) is 15.3. The van der Waals surface area contributed by atoms with E-state index in [0.717, 1.165) is 41.7 Å². The summed E-state index contributed by atoms with van der Waals surface area (Å²) in [5, 5.41) is 4.54. The molecule has 0 bridgehead atoms. The van der Waals surface area contributed by atoms with Gasteiger partial charge in [-0.15, -0.1) is 0 Å². The van der Waals surface area contributed by atoms with E-state index in [1.165, 1.54) is 25.7 Å². The van der Waals surface area contributed by atoms with Crippen molar-refractivity contribution in [2.45, 2.75) is 32.6 Å². The molecule has 2 aliphatic rings. The molecule has 1 aliphatic carbocycles. The maximum atomic E-state index is 5.54. The molecule has 3 aromatic heterocycles. The zero-order chi connectivity index (χ0) is 21.0. The Labute approximate surface area is 182 Å². The van der Waals surface area contributed by atoms with Gasteiger partial charge in [-0.2, -0.15) is 5.10 Å². The van der Waals surface area contributed by atoms with E-state index in [1.54, 1.807) is 12.4 Å². The number of nitrogens with one attached hydrogen (secondary N) is 1. The van der Waals surface area contributed by atoms with E-state index < -0.39 is 0 Å².